The number of fused-ring (bicyclic) bond motifs is 1. The van der Waals surface area contributed by atoms with Gasteiger partial charge in [-0.25, -0.2) is 9.48 Å². The number of nitrogens with zero attached hydrogens (tertiary/aromatic N) is 6. The second kappa shape index (κ2) is 6.69. The van der Waals surface area contributed by atoms with E-state index in [-0.39, 0.29) is 18.1 Å². The Bertz CT molecular complexity index is 1260. The van der Waals surface area contributed by atoms with Crippen LogP contribution in [0, 0.1) is 0 Å². The number of imidazole rings is 1. The first-order valence-corrected chi connectivity index (χ1v) is 9.44. The van der Waals surface area contributed by atoms with E-state index >= 15 is 0 Å². The summed E-state index contributed by atoms with van der Waals surface area (Å²) >= 11 is 0. The summed E-state index contributed by atoms with van der Waals surface area (Å²) in [4.78, 5) is 25.0. The average Bonchev–Trinajstić information content (AvgIpc) is 3.42. The van der Waals surface area contributed by atoms with Crippen molar-refractivity contribution in [2.24, 2.45) is 7.05 Å². The third-order valence-electron chi connectivity index (χ3n) is 5.17. The number of aromatic nitrogens is 6. The summed E-state index contributed by atoms with van der Waals surface area (Å²) in [7, 11) is 1.70. The van der Waals surface area contributed by atoms with Gasteiger partial charge in [0.2, 0.25) is 5.91 Å². The van der Waals surface area contributed by atoms with Crippen molar-refractivity contribution in [1.82, 2.24) is 29.3 Å². The Morgan fingerprint density at radius 3 is 2.55 bits per heavy atom. The molecule has 146 valence electrons. The highest BCUT2D eigenvalue weighted by molar-refractivity contribution is 5.91. The number of hydrogen-bond donors (Lipinski definition) is 1. The summed E-state index contributed by atoms with van der Waals surface area (Å²) < 4.78 is 4.87. The SMILES string of the molecule is Cn1c(=O)n(CC(=O)Nc2ccc(-c3nnnn3C3CC3)cc2)c2ccccc21. The molecule has 5 rings (SSSR count). The molecule has 1 amide bonds. The van der Waals surface area contributed by atoms with Gasteiger partial charge < -0.3 is 5.32 Å². The Balaban J connectivity index is 1.33. The van der Waals surface area contributed by atoms with Crippen LogP contribution in [0.4, 0.5) is 5.69 Å². The summed E-state index contributed by atoms with van der Waals surface area (Å²) in [5.74, 6) is 0.465. The van der Waals surface area contributed by atoms with Crippen molar-refractivity contribution in [3.63, 3.8) is 0 Å². The summed E-state index contributed by atoms with van der Waals surface area (Å²) in [6.45, 7) is -0.0537. The number of carbonyl (C=O) groups excluding carboxylic acids is 1. The predicted molar refractivity (Wildman–Crippen MR) is 107 cm³/mol. The Morgan fingerprint density at radius 1 is 1.10 bits per heavy atom. The van der Waals surface area contributed by atoms with E-state index in [0.717, 1.165) is 35.3 Å². The summed E-state index contributed by atoms with van der Waals surface area (Å²) in [5, 5.41) is 14.8. The predicted octanol–water partition coefficient (Wildman–Crippen LogP) is 1.97. The van der Waals surface area contributed by atoms with Gasteiger partial charge in [-0.15, -0.1) is 5.10 Å². The number of aryl methyl sites for hydroxylation is 1. The van der Waals surface area contributed by atoms with Crippen LogP contribution < -0.4 is 11.0 Å². The van der Waals surface area contributed by atoms with Crippen LogP contribution in [0.25, 0.3) is 22.4 Å². The molecule has 29 heavy (non-hydrogen) atoms. The lowest BCUT2D eigenvalue weighted by atomic mass is 10.2. The second-order valence-electron chi connectivity index (χ2n) is 7.22. The molecule has 0 atom stereocenters. The first-order chi connectivity index (χ1) is 14.1. The van der Waals surface area contributed by atoms with Crippen LogP contribution in [0.2, 0.25) is 0 Å². The van der Waals surface area contributed by atoms with Crippen LogP contribution in [-0.4, -0.2) is 35.2 Å². The zero-order valence-electron chi connectivity index (χ0n) is 15.8. The Hall–Kier alpha value is -3.75. The minimum atomic E-state index is -0.265. The van der Waals surface area contributed by atoms with E-state index in [1.807, 2.05) is 53.2 Å². The molecular formula is C20H19N7O2. The van der Waals surface area contributed by atoms with Crippen LogP contribution in [0.1, 0.15) is 18.9 Å². The molecule has 1 N–H and O–H groups in total. The first-order valence-electron chi connectivity index (χ1n) is 9.44. The number of anilines is 1. The van der Waals surface area contributed by atoms with Gasteiger partial charge >= 0.3 is 5.69 Å². The highest BCUT2D eigenvalue weighted by Gasteiger charge is 2.28. The van der Waals surface area contributed by atoms with Crippen molar-refractivity contribution in [2.45, 2.75) is 25.4 Å². The van der Waals surface area contributed by atoms with Crippen LogP contribution in [-0.2, 0) is 18.4 Å². The topological polar surface area (TPSA) is 99.6 Å². The number of para-hydroxylation sites is 2. The molecule has 9 nitrogen and oxygen atoms in total. The molecule has 1 aliphatic rings. The molecule has 4 aromatic rings. The monoisotopic (exact) mass is 389 g/mol. The molecule has 1 saturated carbocycles. The van der Waals surface area contributed by atoms with E-state index in [4.69, 9.17) is 0 Å². The van der Waals surface area contributed by atoms with E-state index < -0.39 is 0 Å². The highest BCUT2D eigenvalue weighted by Crippen LogP contribution is 2.36. The van der Waals surface area contributed by atoms with Crippen molar-refractivity contribution in [1.29, 1.82) is 0 Å². The molecule has 0 bridgehead atoms. The lowest BCUT2D eigenvalue weighted by Crippen LogP contribution is -2.28. The maximum absolute atomic E-state index is 12.5. The number of rotatable bonds is 5. The minimum absolute atomic E-state index is 0.0537. The zero-order valence-corrected chi connectivity index (χ0v) is 15.8. The lowest BCUT2D eigenvalue weighted by Gasteiger charge is -2.08. The van der Waals surface area contributed by atoms with Gasteiger partial charge in [0.15, 0.2) is 5.82 Å². The Labute approximate surface area is 165 Å². The van der Waals surface area contributed by atoms with Crippen LogP contribution in [0.3, 0.4) is 0 Å². The van der Waals surface area contributed by atoms with Crippen molar-refractivity contribution in [3.8, 4) is 11.4 Å². The third-order valence-corrected chi connectivity index (χ3v) is 5.17. The second-order valence-corrected chi connectivity index (χ2v) is 7.22. The fourth-order valence-electron chi connectivity index (χ4n) is 3.51. The van der Waals surface area contributed by atoms with Crippen molar-refractivity contribution >= 4 is 22.6 Å². The number of benzene rings is 2. The van der Waals surface area contributed by atoms with E-state index in [0.29, 0.717) is 11.7 Å². The normalized spacial score (nSPS) is 13.7. The maximum Gasteiger partial charge on any atom is 0.329 e. The summed E-state index contributed by atoms with van der Waals surface area (Å²) in [6, 6.07) is 15.2. The van der Waals surface area contributed by atoms with Crippen molar-refractivity contribution < 1.29 is 4.79 Å². The average molecular weight is 389 g/mol. The molecule has 2 aromatic carbocycles. The largest absolute Gasteiger partial charge is 0.329 e. The number of amides is 1. The molecule has 2 aromatic heterocycles. The fraction of sp³-hybridized carbons (Fsp3) is 0.250. The third kappa shape index (κ3) is 3.10. The quantitative estimate of drug-likeness (QED) is 0.563. The molecule has 0 spiro atoms. The minimum Gasteiger partial charge on any atom is -0.325 e. The molecule has 0 radical (unpaired) electrons. The van der Waals surface area contributed by atoms with Crippen molar-refractivity contribution in [2.75, 3.05) is 5.32 Å². The van der Waals surface area contributed by atoms with Gasteiger partial charge in [0.25, 0.3) is 0 Å². The van der Waals surface area contributed by atoms with Crippen LogP contribution in [0.15, 0.2) is 53.3 Å². The number of carbonyl (C=O) groups is 1. The summed E-state index contributed by atoms with van der Waals surface area (Å²) in [6.07, 6.45) is 2.19. The zero-order chi connectivity index (χ0) is 20.0. The smallest absolute Gasteiger partial charge is 0.325 e. The molecular weight excluding hydrogens is 370 g/mol. The molecule has 1 fully saturated rings. The number of nitrogens with one attached hydrogen (secondary N) is 1. The fourth-order valence-corrected chi connectivity index (χ4v) is 3.51. The van der Waals surface area contributed by atoms with Gasteiger partial charge in [-0.2, -0.15) is 0 Å². The Morgan fingerprint density at radius 2 is 1.83 bits per heavy atom. The molecule has 9 heteroatoms. The van der Waals surface area contributed by atoms with E-state index in [9.17, 15) is 9.59 Å². The first kappa shape index (κ1) is 17.4. The molecule has 1 aliphatic carbocycles. The molecule has 0 aliphatic heterocycles. The van der Waals surface area contributed by atoms with Gasteiger partial charge in [0, 0.05) is 18.3 Å². The van der Waals surface area contributed by atoms with Gasteiger partial charge in [0.1, 0.15) is 6.54 Å². The standard InChI is InChI=1S/C20H19N7O2/c1-25-16-4-2-3-5-17(16)26(20(25)29)12-18(28)21-14-8-6-13(7-9-14)19-22-23-24-27(19)15-10-11-15/h2-9,15H,10-12H2,1H3,(H,21,28). The molecule has 0 unspecified atom stereocenters. The van der Waals surface area contributed by atoms with Gasteiger partial charge in [-0.1, -0.05) is 12.1 Å². The maximum atomic E-state index is 12.5. The lowest BCUT2D eigenvalue weighted by molar-refractivity contribution is -0.116. The van der Waals surface area contributed by atoms with Crippen LogP contribution in [0.5, 0.6) is 0 Å². The van der Waals surface area contributed by atoms with Gasteiger partial charge in [0.05, 0.1) is 17.1 Å². The molecule has 2 heterocycles. The van der Waals surface area contributed by atoms with E-state index in [1.165, 1.54) is 4.57 Å². The van der Waals surface area contributed by atoms with Gasteiger partial charge in [-0.3, -0.25) is 13.9 Å². The number of hydrogen-bond acceptors (Lipinski definition) is 5. The highest BCUT2D eigenvalue weighted by atomic mass is 16.2. The summed E-state index contributed by atoms with van der Waals surface area (Å²) in [5.41, 5.74) is 2.85. The van der Waals surface area contributed by atoms with Crippen LogP contribution >= 0.6 is 0 Å². The Kier molecular flexibility index (Phi) is 4.01. The van der Waals surface area contributed by atoms with E-state index in [2.05, 4.69) is 20.8 Å². The van der Waals surface area contributed by atoms with Crippen molar-refractivity contribution in [3.05, 3.63) is 59.0 Å². The number of tetrazole rings is 1. The van der Waals surface area contributed by atoms with Gasteiger partial charge in [-0.05, 0) is 59.7 Å². The molecule has 0 saturated heterocycles. The van der Waals surface area contributed by atoms with E-state index in [1.54, 1.807) is 11.6 Å².